The Hall–Kier alpha value is -0.990. The maximum absolute atomic E-state index is 5.39. The number of aryl methyl sites for hydroxylation is 1. The largest absolute Gasteiger partial charge is 0.432 e. The molecule has 1 atom stereocenters. The number of nitrogens with zero attached hydrogens (tertiary/aromatic N) is 2. The lowest BCUT2D eigenvalue weighted by molar-refractivity contribution is 0.434. The maximum atomic E-state index is 5.39. The van der Waals surface area contributed by atoms with Crippen LogP contribution < -0.4 is 4.90 Å². The summed E-state index contributed by atoms with van der Waals surface area (Å²) in [4.78, 5) is 6.60. The minimum absolute atomic E-state index is 0.576. The molecular weight excluding hydrogens is 164 g/mol. The molecule has 0 aliphatic carbocycles. The van der Waals surface area contributed by atoms with Crippen LogP contribution in [0.15, 0.2) is 10.7 Å². The van der Waals surface area contributed by atoms with E-state index in [1.165, 1.54) is 19.3 Å². The third-order valence-electron chi connectivity index (χ3n) is 2.66. The van der Waals surface area contributed by atoms with Gasteiger partial charge in [-0.3, -0.25) is 0 Å². The molecule has 13 heavy (non-hydrogen) atoms. The molecule has 0 aromatic carbocycles. The minimum Gasteiger partial charge on any atom is -0.432 e. The normalized spacial score (nSPS) is 23.5. The molecule has 0 radical (unpaired) electrons. The van der Waals surface area contributed by atoms with Gasteiger partial charge in [0, 0.05) is 12.6 Å². The van der Waals surface area contributed by atoms with Crippen LogP contribution in [0.1, 0.15) is 31.9 Å². The summed E-state index contributed by atoms with van der Waals surface area (Å²) in [5.41, 5.74) is 0.966. The standard InChI is InChI=1S/C10H16N2O/c1-8-7-13-10(11-8)12-6-4-3-5-9(12)2/h7,9H,3-6H2,1-2H3. The topological polar surface area (TPSA) is 29.3 Å². The first kappa shape index (κ1) is 8.60. The van der Waals surface area contributed by atoms with Gasteiger partial charge < -0.3 is 9.32 Å². The summed E-state index contributed by atoms with van der Waals surface area (Å²) in [6.07, 6.45) is 5.56. The number of hydrogen-bond acceptors (Lipinski definition) is 3. The molecule has 1 aromatic rings. The quantitative estimate of drug-likeness (QED) is 0.664. The van der Waals surface area contributed by atoms with Gasteiger partial charge in [0.1, 0.15) is 6.26 Å². The van der Waals surface area contributed by atoms with Gasteiger partial charge in [-0.1, -0.05) is 0 Å². The Morgan fingerprint density at radius 2 is 2.38 bits per heavy atom. The first-order valence-corrected chi connectivity index (χ1v) is 4.96. The first-order valence-electron chi connectivity index (χ1n) is 4.96. The Labute approximate surface area is 78.8 Å². The lowest BCUT2D eigenvalue weighted by atomic mass is 10.0. The van der Waals surface area contributed by atoms with E-state index in [1.54, 1.807) is 6.26 Å². The number of hydrogen-bond donors (Lipinski definition) is 0. The Kier molecular flexibility index (Phi) is 2.25. The maximum Gasteiger partial charge on any atom is 0.297 e. The zero-order valence-corrected chi connectivity index (χ0v) is 8.29. The van der Waals surface area contributed by atoms with Crippen molar-refractivity contribution >= 4 is 6.01 Å². The second kappa shape index (κ2) is 3.40. The smallest absolute Gasteiger partial charge is 0.297 e. The van der Waals surface area contributed by atoms with E-state index in [0.717, 1.165) is 18.3 Å². The average molecular weight is 180 g/mol. The summed E-state index contributed by atoms with van der Waals surface area (Å²) < 4.78 is 5.39. The van der Waals surface area contributed by atoms with Gasteiger partial charge in [0.25, 0.3) is 6.01 Å². The van der Waals surface area contributed by atoms with E-state index >= 15 is 0 Å². The Balaban J connectivity index is 2.14. The van der Waals surface area contributed by atoms with Crippen molar-refractivity contribution in [3.8, 4) is 0 Å². The molecule has 0 spiro atoms. The monoisotopic (exact) mass is 180 g/mol. The summed E-state index contributed by atoms with van der Waals surface area (Å²) in [5.74, 6) is 0. The molecular formula is C10H16N2O. The van der Waals surface area contributed by atoms with Crippen molar-refractivity contribution in [3.05, 3.63) is 12.0 Å². The van der Waals surface area contributed by atoms with Gasteiger partial charge >= 0.3 is 0 Å². The highest BCUT2D eigenvalue weighted by Gasteiger charge is 2.21. The van der Waals surface area contributed by atoms with E-state index in [-0.39, 0.29) is 0 Å². The number of aromatic nitrogens is 1. The highest BCUT2D eigenvalue weighted by molar-refractivity contribution is 5.29. The third kappa shape index (κ3) is 1.69. The molecule has 0 N–H and O–H groups in total. The molecule has 1 aliphatic rings. The van der Waals surface area contributed by atoms with Gasteiger partial charge in [0.15, 0.2) is 0 Å². The second-order valence-electron chi connectivity index (χ2n) is 3.81. The van der Waals surface area contributed by atoms with Crippen molar-refractivity contribution < 1.29 is 4.42 Å². The molecule has 1 aromatic heterocycles. The molecule has 72 valence electrons. The number of anilines is 1. The van der Waals surface area contributed by atoms with Gasteiger partial charge in [-0.2, -0.15) is 4.98 Å². The van der Waals surface area contributed by atoms with Crippen molar-refractivity contribution in [2.24, 2.45) is 0 Å². The zero-order valence-electron chi connectivity index (χ0n) is 8.29. The van der Waals surface area contributed by atoms with Gasteiger partial charge in [0.05, 0.1) is 5.69 Å². The Morgan fingerprint density at radius 3 is 3.00 bits per heavy atom. The SMILES string of the molecule is Cc1coc(N2CCCCC2C)n1. The van der Waals surface area contributed by atoms with Crippen molar-refractivity contribution in [1.82, 2.24) is 4.98 Å². The van der Waals surface area contributed by atoms with Crippen LogP contribution in [-0.2, 0) is 0 Å². The van der Waals surface area contributed by atoms with Crippen LogP contribution in [0.4, 0.5) is 6.01 Å². The van der Waals surface area contributed by atoms with E-state index in [0.29, 0.717) is 6.04 Å². The fraction of sp³-hybridized carbons (Fsp3) is 0.700. The van der Waals surface area contributed by atoms with E-state index in [4.69, 9.17) is 4.42 Å². The van der Waals surface area contributed by atoms with Crippen LogP contribution in [0.25, 0.3) is 0 Å². The van der Waals surface area contributed by atoms with Crippen LogP contribution in [0.3, 0.4) is 0 Å². The van der Waals surface area contributed by atoms with Crippen molar-refractivity contribution in [3.63, 3.8) is 0 Å². The molecule has 1 fully saturated rings. The molecule has 1 saturated heterocycles. The van der Waals surface area contributed by atoms with Gasteiger partial charge in [-0.25, -0.2) is 0 Å². The highest BCUT2D eigenvalue weighted by Crippen LogP contribution is 2.23. The van der Waals surface area contributed by atoms with Crippen LogP contribution in [0.5, 0.6) is 0 Å². The molecule has 1 aliphatic heterocycles. The Morgan fingerprint density at radius 1 is 1.54 bits per heavy atom. The summed E-state index contributed by atoms with van der Waals surface area (Å²) in [5, 5.41) is 0. The number of piperidine rings is 1. The molecule has 2 rings (SSSR count). The molecule has 0 saturated carbocycles. The summed E-state index contributed by atoms with van der Waals surface area (Å²) in [7, 11) is 0. The van der Waals surface area contributed by atoms with Crippen LogP contribution >= 0.6 is 0 Å². The minimum atomic E-state index is 0.576. The van der Waals surface area contributed by atoms with Crippen molar-refractivity contribution in [2.45, 2.75) is 39.2 Å². The third-order valence-corrected chi connectivity index (χ3v) is 2.66. The fourth-order valence-corrected chi connectivity index (χ4v) is 1.86. The predicted molar refractivity (Wildman–Crippen MR) is 51.9 cm³/mol. The molecule has 0 amide bonds. The lowest BCUT2D eigenvalue weighted by Gasteiger charge is -2.31. The van der Waals surface area contributed by atoms with Crippen molar-refractivity contribution in [1.29, 1.82) is 0 Å². The second-order valence-corrected chi connectivity index (χ2v) is 3.81. The molecule has 3 heteroatoms. The van der Waals surface area contributed by atoms with Crippen LogP contribution in [-0.4, -0.2) is 17.6 Å². The highest BCUT2D eigenvalue weighted by atomic mass is 16.4. The van der Waals surface area contributed by atoms with Gasteiger partial charge in [-0.15, -0.1) is 0 Å². The van der Waals surface area contributed by atoms with Crippen LogP contribution in [0, 0.1) is 6.92 Å². The van der Waals surface area contributed by atoms with Gasteiger partial charge in [0.2, 0.25) is 0 Å². The van der Waals surface area contributed by atoms with Crippen LogP contribution in [0.2, 0.25) is 0 Å². The number of rotatable bonds is 1. The summed E-state index contributed by atoms with van der Waals surface area (Å²) in [6.45, 7) is 5.28. The first-order chi connectivity index (χ1) is 6.27. The van der Waals surface area contributed by atoms with E-state index in [9.17, 15) is 0 Å². The van der Waals surface area contributed by atoms with E-state index < -0.39 is 0 Å². The zero-order chi connectivity index (χ0) is 9.26. The van der Waals surface area contributed by atoms with E-state index in [2.05, 4.69) is 16.8 Å². The predicted octanol–water partition coefficient (Wildman–Crippen LogP) is 2.36. The number of oxazole rings is 1. The molecule has 3 nitrogen and oxygen atoms in total. The van der Waals surface area contributed by atoms with Crippen molar-refractivity contribution in [2.75, 3.05) is 11.4 Å². The molecule has 1 unspecified atom stereocenters. The average Bonchev–Trinajstić information content (AvgIpc) is 2.53. The molecule has 0 bridgehead atoms. The summed E-state index contributed by atoms with van der Waals surface area (Å²) in [6, 6.07) is 1.37. The summed E-state index contributed by atoms with van der Waals surface area (Å²) >= 11 is 0. The Bertz CT molecular complexity index is 282. The van der Waals surface area contributed by atoms with Gasteiger partial charge in [-0.05, 0) is 33.1 Å². The van der Waals surface area contributed by atoms with E-state index in [1.807, 2.05) is 6.92 Å². The lowest BCUT2D eigenvalue weighted by Crippen LogP contribution is -2.37. The molecule has 2 heterocycles. The fourth-order valence-electron chi connectivity index (χ4n) is 1.86.